The predicted octanol–water partition coefficient (Wildman–Crippen LogP) is 4.03. The van der Waals surface area contributed by atoms with E-state index in [1.807, 2.05) is 36.6 Å². The van der Waals surface area contributed by atoms with Crippen molar-refractivity contribution in [3.05, 3.63) is 79.4 Å². The van der Waals surface area contributed by atoms with Crippen molar-refractivity contribution in [2.45, 2.75) is 20.0 Å². The normalized spacial score (nSPS) is 11.3. The number of benzene rings is 1. The highest BCUT2D eigenvalue weighted by atomic mass is 35.5. The van der Waals surface area contributed by atoms with Gasteiger partial charge < -0.3 is 10.3 Å². The number of nitrogens with one attached hydrogen (secondary N) is 2. The Labute approximate surface area is 159 Å². The molecule has 0 radical (unpaired) electrons. The molecule has 0 saturated heterocycles. The third kappa shape index (κ3) is 3.31. The van der Waals surface area contributed by atoms with Crippen LogP contribution in [-0.2, 0) is 13.1 Å². The van der Waals surface area contributed by atoms with Crippen LogP contribution >= 0.6 is 22.9 Å². The summed E-state index contributed by atoms with van der Waals surface area (Å²) < 4.78 is 1.74. The number of halogens is 1. The van der Waals surface area contributed by atoms with Gasteiger partial charge >= 0.3 is 0 Å². The van der Waals surface area contributed by atoms with E-state index in [2.05, 4.69) is 21.5 Å². The van der Waals surface area contributed by atoms with E-state index in [9.17, 15) is 4.79 Å². The van der Waals surface area contributed by atoms with Crippen molar-refractivity contribution in [3.63, 3.8) is 0 Å². The van der Waals surface area contributed by atoms with Crippen LogP contribution in [-0.4, -0.2) is 14.8 Å². The zero-order valence-electron chi connectivity index (χ0n) is 14.1. The number of nitrogens with zero attached hydrogens (tertiary/aromatic N) is 2. The smallest absolute Gasteiger partial charge is 0.254 e. The molecule has 5 nitrogen and oxygen atoms in total. The van der Waals surface area contributed by atoms with E-state index >= 15 is 0 Å². The van der Waals surface area contributed by atoms with E-state index in [1.165, 1.54) is 4.88 Å². The molecule has 0 unspecified atom stereocenters. The summed E-state index contributed by atoms with van der Waals surface area (Å²) >= 11 is 7.66. The number of H-pyrrole nitrogens is 1. The van der Waals surface area contributed by atoms with E-state index in [0.717, 1.165) is 23.3 Å². The molecule has 0 atom stereocenters. The van der Waals surface area contributed by atoms with Gasteiger partial charge in [0.2, 0.25) is 0 Å². The minimum Gasteiger partial charge on any atom is -0.308 e. The monoisotopic (exact) mass is 384 g/mol. The molecule has 0 spiro atoms. The molecule has 0 saturated carbocycles. The molecule has 1 aromatic carbocycles. The van der Waals surface area contributed by atoms with Gasteiger partial charge in [-0.1, -0.05) is 17.7 Å². The molecule has 7 heteroatoms. The van der Waals surface area contributed by atoms with Crippen LogP contribution in [0.4, 0.5) is 0 Å². The van der Waals surface area contributed by atoms with Gasteiger partial charge in [-0.25, -0.2) is 4.68 Å². The third-order valence-corrected chi connectivity index (χ3v) is 5.34. The van der Waals surface area contributed by atoms with E-state index in [1.54, 1.807) is 28.2 Å². The summed E-state index contributed by atoms with van der Waals surface area (Å²) in [5, 5.41) is 11.5. The van der Waals surface area contributed by atoms with E-state index in [0.29, 0.717) is 22.8 Å². The molecule has 0 aliphatic rings. The van der Waals surface area contributed by atoms with Crippen LogP contribution in [0.5, 0.6) is 0 Å². The van der Waals surface area contributed by atoms with E-state index in [-0.39, 0.29) is 5.56 Å². The first kappa shape index (κ1) is 17.0. The van der Waals surface area contributed by atoms with Crippen LogP contribution in [0, 0.1) is 6.92 Å². The van der Waals surface area contributed by atoms with Crippen molar-refractivity contribution in [1.29, 1.82) is 0 Å². The molecule has 0 aliphatic carbocycles. The van der Waals surface area contributed by atoms with Crippen molar-refractivity contribution in [1.82, 2.24) is 20.1 Å². The first-order chi connectivity index (χ1) is 12.6. The van der Waals surface area contributed by atoms with Gasteiger partial charge in [0.05, 0.1) is 11.4 Å². The Morgan fingerprint density at radius 2 is 2.04 bits per heavy atom. The van der Waals surface area contributed by atoms with Crippen molar-refractivity contribution in [2.75, 3.05) is 0 Å². The van der Waals surface area contributed by atoms with Gasteiger partial charge in [-0.3, -0.25) is 4.79 Å². The lowest BCUT2D eigenvalue weighted by molar-refractivity contribution is 0.695. The molecule has 3 aromatic heterocycles. The molecular weight excluding hydrogens is 368 g/mol. The highest BCUT2D eigenvalue weighted by Crippen LogP contribution is 2.21. The lowest BCUT2D eigenvalue weighted by Gasteiger charge is -2.05. The van der Waals surface area contributed by atoms with Gasteiger partial charge in [-0.2, -0.15) is 5.10 Å². The van der Waals surface area contributed by atoms with Gasteiger partial charge in [0.15, 0.2) is 0 Å². The third-order valence-electron chi connectivity index (χ3n) is 4.21. The molecule has 3 heterocycles. The van der Waals surface area contributed by atoms with Gasteiger partial charge in [0.25, 0.3) is 5.56 Å². The lowest BCUT2D eigenvalue weighted by atomic mass is 10.2. The number of aromatic nitrogens is 3. The minimum absolute atomic E-state index is 0.105. The maximum atomic E-state index is 12.5. The maximum Gasteiger partial charge on any atom is 0.254 e. The van der Waals surface area contributed by atoms with Crippen molar-refractivity contribution in [2.24, 2.45) is 0 Å². The Bertz CT molecular complexity index is 1100. The summed E-state index contributed by atoms with van der Waals surface area (Å²) in [7, 11) is 0. The number of hydrogen-bond donors (Lipinski definition) is 2. The summed E-state index contributed by atoms with van der Waals surface area (Å²) in [6.45, 7) is 3.20. The van der Waals surface area contributed by atoms with E-state index < -0.39 is 0 Å². The van der Waals surface area contributed by atoms with Gasteiger partial charge in [-0.15, -0.1) is 11.3 Å². The Balaban J connectivity index is 1.65. The average Bonchev–Trinajstić information content (AvgIpc) is 3.25. The lowest BCUT2D eigenvalue weighted by Crippen LogP contribution is -2.20. The molecule has 0 amide bonds. The fourth-order valence-electron chi connectivity index (χ4n) is 2.89. The summed E-state index contributed by atoms with van der Waals surface area (Å²) in [4.78, 5) is 16.7. The highest BCUT2D eigenvalue weighted by Gasteiger charge is 2.13. The van der Waals surface area contributed by atoms with Gasteiger partial charge in [-0.05, 0) is 48.7 Å². The summed E-state index contributed by atoms with van der Waals surface area (Å²) in [5.74, 6) is 0. The van der Waals surface area contributed by atoms with Crippen LogP contribution in [0.2, 0.25) is 5.02 Å². The Morgan fingerprint density at radius 1 is 1.23 bits per heavy atom. The highest BCUT2D eigenvalue weighted by molar-refractivity contribution is 7.09. The zero-order valence-corrected chi connectivity index (χ0v) is 15.7. The number of aromatic amines is 1. The first-order valence-electron chi connectivity index (χ1n) is 8.22. The number of aryl methyl sites for hydroxylation is 1. The number of thiophene rings is 1. The average molecular weight is 385 g/mol. The summed E-state index contributed by atoms with van der Waals surface area (Å²) in [5.41, 5.74) is 3.01. The van der Waals surface area contributed by atoms with Crippen LogP contribution in [0.1, 0.15) is 16.1 Å². The molecule has 26 heavy (non-hydrogen) atoms. The first-order valence-corrected chi connectivity index (χ1v) is 9.48. The Hall–Kier alpha value is -2.41. The number of hydrogen-bond acceptors (Lipinski definition) is 4. The largest absolute Gasteiger partial charge is 0.308 e. The van der Waals surface area contributed by atoms with Crippen LogP contribution in [0.15, 0.2) is 52.6 Å². The second-order valence-electron chi connectivity index (χ2n) is 6.04. The SMILES string of the molecule is Cc1nn(-c2ccc(Cl)cc2)c2[nH]c(=O)c(CNCc3cccs3)cc12. The van der Waals surface area contributed by atoms with Gasteiger partial charge in [0.1, 0.15) is 5.65 Å². The number of rotatable bonds is 5. The molecule has 0 aliphatic heterocycles. The fraction of sp³-hybridized carbons (Fsp3) is 0.158. The number of fused-ring (bicyclic) bond motifs is 1. The standard InChI is InChI=1S/C19H17ClN4OS/c1-12-17-9-13(10-21-11-16-3-2-8-26-16)19(25)22-18(17)24(23-12)15-6-4-14(20)5-7-15/h2-9,21H,10-11H2,1H3,(H,22,25). The second-order valence-corrected chi connectivity index (χ2v) is 7.51. The molecule has 2 N–H and O–H groups in total. The molecule has 0 bridgehead atoms. The molecule has 4 rings (SSSR count). The van der Waals surface area contributed by atoms with Crippen molar-refractivity contribution in [3.8, 4) is 5.69 Å². The fourth-order valence-corrected chi connectivity index (χ4v) is 3.69. The quantitative estimate of drug-likeness (QED) is 0.546. The van der Waals surface area contributed by atoms with E-state index in [4.69, 9.17) is 11.6 Å². The topological polar surface area (TPSA) is 62.7 Å². The van der Waals surface area contributed by atoms with Crippen LogP contribution < -0.4 is 10.9 Å². The molecule has 4 aromatic rings. The van der Waals surface area contributed by atoms with Crippen LogP contribution in [0.3, 0.4) is 0 Å². The molecule has 132 valence electrons. The van der Waals surface area contributed by atoms with Gasteiger partial charge in [0, 0.05) is 33.9 Å². The number of pyridine rings is 1. The molecule has 0 fully saturated rings. The predicted molar refractivity (Wildman–Crippen MR) is 106 cm³/mol. The Morgan fingerprint density at radius 3 is 2.77 bits per heavy atom. The van der Waals surface area contributed by atoms with Crippen LogP contribution in [0.25, 0.3) is 16.7 Å². The second kappa shape index (κ2) is 7.07. The maximum absolute atomic E-state index is 12.5. The molecular formula is C19H17ClN4OS. The summed E-state index contributed by atoms with van der Waals surface area (Å²) in [6, 6.07) is 13.4. The van der Waals surface area contributed by atoms with Crippen molar-refractivity contribution < 1.29 is 0 Å². The summed E-state index contributed by atoms with van der Waals surface area (Å²) in [6.07, 6.45) is 0. The minimum atomic E-state index is -0.105. The Kier molecular flexibility index (Phi) is 4.63. The van der Waals surface area contributed by atoms with Crippen molar-refractivity contribution >= 4 is 34.0 Å². The zero-order chi connectivity index (χ0) is 18.1.